The zero-order valence-electron chi connectivity index (χ0n) is 7.75. The Hall–Kier alpha value is -0.530. The molecule has 0 aromatic rings. The highest BCUT2D eigenvalue weighted by Gasteiger charge is 2.35. The minimum absolute atomic E-state index is 0.284. The number of piperidine rings is 1. The van der Waals surface area contributed by atoms with Gasteiger partial charge in [-0.1, -0.05) is 6.42 Å². The maximum absolute atomic E-state index is 11.3. The molecule has 2 nitrogen and oxygen atoms in total. The number of amides is 1. The molecule has 1 aliphatic carbocycles. The molecule has 0 aromatic heterocycles. The van der Waals surface area contributed by atoms with Gasteiger partial charge in [-0.2, -0.15) is 0 Å². The van der Waals surface area contributed by atoms with Crippen LogP contribution in [-0.2, 0) is 4.79 Å². The topological polar surface area (TPSA) is 20.3 Å². The van der Waals surface area contributed by atoms with Gasteiger partial charge in [-0.15, -0.1) is 0 Å². The molecule has 12 heavy (non-hydrogen) atoms. The summed E-state index contributed by atoms with van der Waals surface area (Å²) in [7, 11) is 0. The molecule has 0 bridgehead atoms. The van der Waals surface area contributed by atoms with Gasteiger partial charge in [-0.25, -0.2) is 0 Å². The van der Waals surface area contributed by atoms with Crippen LogP contribution in [0.2, 0.25) is 0 Å². The Bertz CT molecular complexity index is 190. The van der Waals surface area contributed by atoms with Crippen LogP contribution in [0.4, 0.5) is 0 Å². The highest BCUT2D eigenvalue weighted by Crippen LogP contribution is 2.36. The molecule has 2 atom stereocenters. The lowest BCUT2D eigenvalue weighted by Crippen LogP contribution is -2.45. The monoisotopic (exact) mass is 167 g/mol. The summed E-state index contributed by atoms with van der Waals surface area (Å²) in [6.07, 6.45) is 6.52. The van der Waals surface area contributed by atoms with Gasteiger partial charge in [0.15, 0.2) is 0 Å². The van der Waals surface area contributed by atoms with Gasteiger partial charge in [0.1, 0.15) is 0 Å². The maximum atomic E-state index is 11.3. The fourth-order valence-corrected chi connectivity index (χ4v) is 2.84. The Labute approximate surface area is 73.9 Å². The summed E-state index contributed by atoms with van der Waals surface area (Å²) in [6.45, 7) is 2.72. The molecule has 2 fully saturated rings. The number of carbonyl (C=O) groups excluding carboxylic acids is 1. The van der Waals surface area contributed by atoms with E-state index in [-0.39, 0.29) is 5.91 Å². The van der Waals surface area contributed by atoms with E-state index < -0.39 is 0 Å². The second-order valence-electron chi connectivity index (χ2n) is 4.11. The van der Waals surface area contributed by atoms with Crippen molar-refractivity contribution in [2.75, 3.05) is 6.54 Å². The van der Waals surface area contributed by atoms with Crippen LogP contribution >= 0.6 is 0 Å². The minimum atomic E-state index is 0.284. The quantitative estimate of drug-likeness (QED) is 0.538. The van der Waals surface area contributed by atoms with Gasteiger partial charge < -0.3 is 4.90 Å². The molecule has 1 saturated heterocycles. The summed E-state index contributed by atoms with van der Waals surface area (Å²) in [4.78, 5) is 13.4. The van der Waals surface area contributed by atoms with E-state index in [0.717, 1.165) is 12.5 Å². The molecule has 1 amide bonds. The average Bonchev–Trinajstić information content (AvgIpc) is 2.49. The van der Waals surface area contributed by atoms with Crippen LogP contribution in [0.1, 0.15) is 39.0 Å². The van der Waals surface area contributed by atoms with Crippen LogP contribution < -0.4 is 0 Å². The third-order valence-corrected chi connectivity index (χ3v) is 3.40. The molecule has 1 aliphatic heterocycles. The molecule has 2 aliphatic rings. The molecule has 68 valence electrons. The van der Waals surface area contributed by atoms with E-state index in [2.05, 4.69) is 4.90 Å². The zero-order valence-corrected chi connectivity index (χ0v) is 7.75. The SMILES string of the molecule is CC(=O)N1CCCC2CCCC21. The van der Waals surface area contributed by atoms with Gasteiger partial charge in [0.25, 0.3) is 0 Å². The molecule has 0 N–H and O–H groups in total. The molecule has 2 heteroatoms. The van der Waals surface area contributed by atoms with Crippen molar-refractivity contribution in [3.63, 3.8) is 0 Å². The van der Waals surface area contributed by atoms with Gasteiger partial charge in [0.05, 0.1) is 0 Å². The summed E-state index contributed by atoms with van der Waals surface area (Å²) in [5.41, 5.74) is 0. The van der Waals surface area contributed by atoms with Gasteiger partial charge in [-0.3, -0.25) is 4.79 Å². The lowest BCUT2D eigenvalue weighted by molar-refractivity contribution is -0.133. The Morgan fingerprint density at radius 3 is 2.75 bits per heavy atom. The third-order valence-electron chi connectivity index (χ3n) is 3.40. The van der Waals surface area contributed by atoms with Crippen LogP contribution in [0, 0.1) is 5.92 Å². The molecule has 2 unspecified atom stereocenters. The van der Waals surface area contributed by atoms with E-state index in [4.69, 9.17) is 0 Å². The second-order valence-corrected chi connectivity index (χ2v) is 4.11. The van der Waals surface area contributed by atoms with Gasteiger partial charge in [0.2, 0.25) is 5.91 Å². The first-order chi connectivity index (χ1) is 5.79. The molecule has 1 heterocycles. The van der Waals surface area contributed by atoms with Crippen LogP contribution in [-0.4, -0.2) is 23.4 Å². The van der Waals surface area contributed by atoms with E-state index >= 15 is 0 Å². The number of carbonyl (C=O) groups is 1. The fourth-order valence-electron chi connectivity index (χ4n) is 2.84. The third kappa shape index (κ3) is 1.23. The summed E-state index contributed by atoms with van der Waals surface area (Å²) in [5, 5.41) is 0. The number of hydrogen-bond acceptors (Lipinski definition) is 1. The predicted molar refractivity (Wildman–Crippen MR) is 47.8 cm³/mol. The Kier molecular flexibility index (Phi) is 2.07. The van der Waals surface area contributed by atoms with Crippen LogP contribution in [0.15, 0.2) is 0 Å². The highest BCUT2D eigenvalue weighted by molar-refractivity contribution is 5.73. The number of rotatable bonds is 0. The van der Waals surface area contributed by atoms with E-state index in [1.54, 1.807) is 6.92 Å². The van der Waals surface area contributed by atoms with Crippen LogP contribution in [0.3, 0.4) is 0 Å². The first-order valence-corrected chi connectivity index (χ1v) is 5.06. The standard InChI is InChI=1S/C10H17NO/c1-8(12)11-7-3-5-9-4-2-6-10(9)11/h9-10H,2-7H2,1H3. The van der Waals surface area contributed by atoms with Gasteiger partial charge in [0, 0.05) is 19.5 Å². The Morgan fingerprint density at radius 1 is 1.25 bits per heavy atom. The van der Waals surface area contributed by atoms with Crippen molar-refractivity contribution < 1.29 is 4.79 Å². The van der Waals surface area contributed by atoms with E-state index in [1.165, 1.54) is 32.1 Å². The largest absolute Gasteiger partial charge is 0.340 e. The van der Waals surface area contributed by atoms with E-state index in [1.807, 2.05) is 0 Å². The van der Waals surface area contributed by atoms with Crippen molar-refractivity contribution >= 4 is 5.91 Å². The van der Waals surface area contributed by atoms with E-state index in [9.17, 15) is 4.79 Å². The van der Waals surface area contributed by atoms with Crippen molar-refractivity contribution in [1.29, 1.82) is 0 Å². The van der Waals surface area contributed by atoms with Crippen molar-refractivity contribution in [2.45, 2.75) is 45.1 Å². The van der Waals surface area contributed by atoms with Crippen molar-refractivity contribution in [3.8, 4) is 0 Å². The summed E-state index contributed by atoms with van der Waals surface area (Å²) < 4.78 is 0. The minimum Gasteiger partial charge on any atom is -0.340 e. The first-order valence-electron chi connectivity index (χ1n) is 5.06. The normalized spacial score (nSPS) is 34.9. The fraction of sp³-hybridized carbons (Fsp3) is 0.900. The highest BCUT2D eigenvalue weighted by atomic mass is 16.2. The number of hydrogen-bond donors (Lipinski definition) is 0. The lowest BCUT2D eigenvalue weighted by atomic mass is 9.92. The lowest BCUT2D eigenvalue weighted by Gasteiger charge is -2.37. The number of nitrogens with zero attached hydrogens (tertiary/aromatic N) is 1. The maximum Gasteiger partial charge on any atom is 0.219 e. The van der Waals surface area contributed by atoms with Crippen molar-refractivity contribution in [2.24, 2.45) is 5.92 Å². The number of fused-ring (bicyclic) bond motifs is 1. The van der Waals surface area contributed by atoms with Gasteiger partial charge >= 0.3 is 0 Å². The van der Waals surface area contributed by atoms with Crippen molar-refractivity contribution in [1.82, 2.24) is 4.90 Å². The average molecular weight is 167 g/mol. The molecule has 0 spiro atoms. The van der Waals surface area contributed by atoms with Crippen LogP contribution in [0.5, 0.6) is 0 Å². The van der Waals surface area contributed by atoms with Crippen molar-refractivity contribution in [3.05, 3.63) is 0 Å². The molecular weight excluding hydrogens is 150 g/mol. The smallest absolute Gasteiger partial charge is 0.219 e. The molecule has 2 rings (SSSR count). The zero-order chi connectivity index (χ0) is 8.55. The Morgan fingerprint density at radius 2 is 2.00 bits per heavy atom. The predicted octanol–water partition coefficient (Wildman–Crippen LogP) is 1.80. The van der Waals surface area contributed by atoms with Crippen LogP contribution in [0.25, 0.3) is 0 Å². The summed E-state index contributed by atoms with van der Waals surface area (Å²) in [6, 6.07) is 0.608. The first kappa shape index (κ1) is 8.09. The summed E-state index contributed by atoms with van der Waals surface area (Å²) in [5.74, 6) is 1.12. The molecule has 0 aromatic carbocycles. The van der Waals surface area contributed by atoms with E-state index in [0.29, 0.717) is 6.04 Å². The molecule has 1 saturated carbocycles. The number of likely N-dealkylation sites (tertiary alicyclic amines) is 1. The molecular formula is C10H17NO. The van der Waals surface area contributed by atoms with Gasteiger partial charge in [-0.05, 0) is 31.6 Å². The Balaban J connectivity index is 2.08. The second kappa shape index (κ2) is 3.08. The molecule has 0 radical (unpaired) electrons. The summed E-state index contributed by atoms with van der Waals surface area (Å²) >= 11 is 0.